The topological polar surface area (TPSA) is 56.2 Å². The zero-order valence-corrected chi connectivity index (χ0v) is 15.4. The fourth-order valence-electron chi connectivity index (χ4n) is 2.86. The Bertz CT molecular complexity index is 853. The minimum absolute atomic E-state index is 0.128. The zero-order valence-electron chi connectivity index (χ0n) is 14.6. The van der Waals surface area contributed by atoms with Crippen molar-refractivity contribution in [1.82, 2.24) is 14.9 Å². The molecule has 3 rings (SSSR count). The van der Waals surface area contributed by atoms with E-state index in [2.05, 4.69) is 46.1 Å². The fraction of sp³-hybridized carbons (Fsp3) is 0.368. The molecule has 0 spiro atoms. The van der Waals surface area contributed by atoms with Crippen LogP contribution in [0, 0.1) is 0 Å². The monoisotopic (exact) mass is 357 g/mol. The largest absolute Gasteiger partial charge is 0.385 e. The van der Waals surface area contributed by atoms with Gasteiger partial charge >= 0.3 is 0 Å². The van der Waals surface area contributed by atoms with Crippen LogP contribution in [0.4, 0.5) is 0 Å². The van der Waals surface area contributed by atoms with Crippen LogP contribution in [0.2, 0.25) is 0 Å². The quantitative estimate of drug-likeness (QED) is 0.621. The number of ether oxygens (including phenoxy) is 1. The predicted molar refractivity (Wildman–Crippen MR) is 102 cm³/mol. The van der Waals surface area contributed by atoms with Gasteiger partial charge in [0.1, 0.15) is 10.7 Å². The van der Waals surface area contributed by atoms with Gasteiger partial charge in [0.05, 0.1) is 5.69 Å². The summed E-state index contributed by atoms with van der Waals surface area (Å²) in [6.07, 6.45) is 1.84. The third-order valence-corrected chi connectivity index (χ3v) is 4.89. The van der Waals surface area contributed by atoms with Gasteiger partial charge in [-0.3, -0.25) is 4.79 Å². The Kier molecular flexibility index (Phi) is 5.83. The van der Waals surface area contributed by atoms with Crippen molar-refractivity contribution in [3.63, 3.8) is 0 Å². The molecule has 0 saturated heterocycles. The summed E-state index contributed by atoms with van der Waals surface area (Å²) in [7, 11) is 1.66. The number of nitrogens with zero attached hydrogens (tertiary/aromatic N) is 2. The van der Waals surface area contributed by atoms with Gasteiger partial charge in [-0.15, -0.1) is 11.3 Å². The number of carbonyl (C=O) groups is 1. The molecule has 2 aromatic heterocycles. The van der Waals surface area contributed by atoms with Crippen molar-refractivity contribution in [2.24, 2.45) is 0 Å². The summed E-state index contributed by atoms with van der Waals surface area (Å²) >= 11 is 1.51. The predicted octanol–water partition coefficient (Wildman–Crippen LogP) is 3.94. The van der Waals surface area contributed by atoms with Crippen molar-refractivity contribution >= 4 is 28.1 Å². The van der Waals surface area contributed by atoms with E-state index in [1.807, 2.05) is 11.4 Å². The van der Waals surface area contributed by atoms with E-state index in [4.69, 9.17) is 4.74 Å². The van der Waals surface area contributed by atoms with Gasteiger partial charge in [-0.2, -0.15) is 0 Å². The molecule has 0 aliphatic rings. The number of methoxy groups -OCH3 is 1. The second kappa shape index (κ2) is 8.27. The van der Waals surface area contributed by atoms with Gasteiger partial charge in [0.25, 0.3) is 5.91 Å². The van der Waals surface area contributed by atoms with Crippen LogP contribution in [0.1, 0.15) is 30.3 Å². The van der Waals surface area contributed by atoms with E-state index in [-0.39, 0.29) is 5.91 Å². The molecule has 1 amide bonds. The lowest BCUT2D eigenvalue weighted by molar-refractivity contribution is 0.0944. The number of carbonyl (C=O) groups excluding carboxylic acids is 1. The summed E-state index contributed by atoms with van der Waals surface area (Å²) < 4.78 is 7.27. The number of rotatable bonds is 8. The lowest BCUT2D eigenvalue weighted by Gasteiger charge is -2.07. The summed E-state index contributed by atoms with van der Waals surface area (Å²) in [4.78, 5) is 16.8. The number of benzene rings is 1. The highest BCUT2D eigenvalue weighted by Gasteiger charge is 2.16. The van der Waals surface area contributed by atoms with Crippen LogP contribution < -0.4 is 5.32 Å². The standard InChI is InChI=1S/C19H23N3O2S/c1-3-10-22-16-8-5-4-7-14(16)12-17(22)19-21-15(13-25-19)18(23)20-9-6-11-24-2/h4-5,7-8,12-13H,3,6,9-11H2,1-2H3,(H,20,23). The first-order valence-corrected chi connectivity index (χ1v) is 9.44. The molecule has 0 saturated carbocycles. The van der Waals surface area contributed by atoms with Crippen LogP contribution >= 0.6 is 11.3 Å². The molecule has 6 heteroatoms. The van der Waals surface area contributed by atoms with Crippen molar-refractivity contribution in [3.8, 4) is 10.7 Å². The fourth-order valence-corrected chi connectivity index (χ4v) is 3.68. The van der Waals surface area contributed by atoms with Crippen molar-refractivity contribution in [2.75, 3.05) is 20.3 Å². The molecule has 1 N–H and O–H groups in total. The van der Waals surface area contributed by atoms with Gasteiger partial charge in [0, 0.05) is 43.1 Å². The summed E-state index contributed by atoms with van der Waals surface area (Å²) in [5, 5.41) is 6.79. The van der Waals surface area contributed by atoms with Gasteiger partial charge < -0.3 is 14.6 Å². The minimum atomic E-state index is -0.128. The molecule has 132 valence electrons. The summed E-state index contributed by atoms with van der Waals surface area (Å²) in [5.74, 6) is -0.128. The first-order valence-electron chi connectivity index (χ1n) is 8.56. The lowest BCUT2D eigenvalue weighted by atomic mass is 10.2. The van der Waals surface area contributed by atoms with Crippen molar-refractivity contribution in [2.45, 2.75) is 26.3 Å². The summed E-state index contributed by atoms with van der Waals surface area (Å²) in [6.45, 7) is 4.33. The molecule has 25 heavy (non-hydrogen) atoms. The second-order valence-electron chi connectivity index (χ2n) is 5.88. The molecule has 0 aliphatic carbocycles. The number of para-hydroxylation sites is 1. The molecule has 2 heterocycles. The highest BCUT2D eigenvalue weighted by atomic mass is 32.1. The Labute approximate surface area is 151 Å². The molecule has 0 atom stereocenters. The summed E-state index contributed by atoms with van der Waals surface area (Å²) in [5.41, 5.74) is 2.76. The van der Waals surface area contributed by atoms with Crippen LogP contribution in [0.25, 0.3) is 21.6 Å². The Hall–Kier alpha value is -2.18. The average molecular weight is 357 g/mol. The first-order chi connectivity index (χ1) is 12.2. The molecule has 1 aromatic carbocycles. The number of fused-ring (bicyclic) bond motifs is 1. The molecular formula is C19H23N3O2S. The Morgan fingerprint density at radius 3 is 3.00 bits per heavy atom. The van der Waals surface area contributed by atoms with Crippen LogP contribution in [-0.2, 0) is 11.3 Å². The molecule has 0 fully saturated rings. The van der Waals surface area contributed by atoms with E-state index in [0.717, 1.165) is 30.1 Å². The minimum Gasteiger partial charge on any atom is -0.385 e. The SMILES string of the molecule is CCCn1c(-c2nc(C(=O)NCCCOC)cs2)cc2ccccc21. The first kappa shape index (κ1) is 17.6. The smallest absolute Gasteiger partial charge is 0.270 e. The van der Waals surface area contributed by atoms with Crippen molar-refractivity contribution in [1.29, 1.82) is 0 Å². The molecule has 3 aromatic rings. The molecule has 0 unspecified atom stereocenters. The Morgan fingerprint density at radius 1 is 1.36 bits per heavy atom. The van der Waals surface area contributed by atoms with Gasteiger partial charge in [0.2, 0.25) is 0 Å². The van der Waals surface area contributed by atoms with Crippen LogP contribution in [-0.4, -0.2) is 35.7 Å². The van der Waals surface area contributed by atoms with Crippen molar-refractivity contribution < 1.29 is 9.53 Å². The van der Waals surface area contributed by atoms with Crippen molar-refractivity contribution in [3.05, 3.63) is 41.4 Å². The number of aryl methyl sites for hydroxylation is 1. The van der Waals surface area contributed by atoms with Crippen LogP contribution in [0.5, 0.6) is 0 Å². The van der Waals surface area contributed by atoms with E-state index in [1.54, 1.807) is 7.11 Å². The van der Waals surface area contributed by atoms with E-state index in [1.165, 1.54) is 22.2 Å². The van der Waals surface area contributed by atoms with E-state index in [0.29, 0.717) is 18.8 Å². The second-order valence-corrected chi connectivity index (χ2v) is 6.74. The molecule has 0 bridgehead atoms. The molecule has 0 radical (unpaired) electrons. The number of hydrogen-bond acceptors (Lipinski definition) is 4. The van der Waals surface area contributed by atoms with Crippen LogP contribution in [0.3, 0.4) is 0 Å². The number of aromatic nitrogens is 2. The Balaban J connectivity index is 1.83. The zero-order chi connectivity index (χ0) is 17.6. The highest BCUT2D eigenvalue weighted by Crippen LogP contribution is 2.30. The van der Waals surface area contributed by atoms with E-state index >= 15 is 0 Å². The number of thiazole rings is 1. The van der Waals surface area contributed by atoms with Gasteiger partial charge in [-0.05, 0) is 25.0 Å². The number of hydrogen-bond donors (Lipinski definition) is 1. The van der Waals surface area contributed by atoms with Crippen LogP contribution in [0.15, 0.2) is 35.7 Å². The summed E-state index contributed by atoms with van der Waals surface area (Å²) in [6, 6.07) is 10.5. The van der Waals surface area contributed by atoms with Gasteiger partial charge in [0.15, 0.2) is 0 Å². The molecular weight excluding hydrogens is 334 g/mol. The highest BCUT2D eigenvalue weighted by molar-refractivity contribution is 7.13. The number of nitrogens with one attached hydrogen (secondary N) is 1. The third kappa shape index (κ3) is 3.91. The maximum Gasteiger partial charge on any atom is 0.270 e. The molecule has 5 nitrogen and oxygen atoms in total. The average Bonchev–Trinajstić information content (AvgIpc) is 3.24. The van der Waals surface area contributed by atoms with Gasteiger partial charge in [-0.1, -0.05) is 25.1 Å². The Morgan fingerprint density at radius 2 is 2.20 bits per heavy atom. The van der Waals surface area contributed by atoms with Gasteiger partial charge in [-0.25, -0.2) is 4.98 Å². The maximum atomic E-state index is 12.2. The number of amides is 1. The van der Waals surface area contributed by atoms with E-state index < -0.39 is 0 Å². The molecule has 0 aliphatic heterocycles. The normalized spacial score (nSPS) is 11.1. The van der Waals surface area contributed by atoms with E-state index in [9.17, 15) is 4.79 Å². The maximum absolute atomic E-state index is 12.2. The lowest BCUT2D eigenvalue weighted by Crippen LogP contribution is -2.25. The third-order valence-electron chi connectivity index (χ3n) is 4.02.